The van der Waals surface area contributed by atoms with Crippen LogP contribution >= 0.6 is 0 Å². The monoisotopic (exact) mass is 499 g/mol. The number of nitrogens with one attached hydrogen (secondary N) is 2. The van der Waals surface area contributed by atoms with E-state index in [-0.39, 0.29) is 29.7 Å². The van der Waals surface area contributed by atoms with E-state index in [1.165, 1.54) is 0 Å². The maximum atomic E-state index is 16.0. The zero-order chi connectivity index (χ0) is 26.1. The lowest BCUT2D eigenvalue weighted by Gasteiger charge is -2.20. The van der Waals surface area contributed by atoms with Crippen molar-refractivity contribution in [2.45, 2.75) is 32.4 Å². The number of hydrogen-bond donors (Lipinski definition) is 2. The minimum absolute atomic E-state index is 0.0210. The van der Waals surface area contributed by atoms with Crippen molar-refractivity contribution in [1.82, 2.24) is 19.4 Å². The lowest BCUT2D eigenvalue weighted by molar-refractivity contribution is 0.0926. The van der Waals surface area contributed by atoms with Gasteiger partial charge in [-0.2, -0.15) is 0 Å². The Morgan fingerprint density at radius 1 is 1.22 bits per heavy atom. The van der Waals surface area contributed by atoms with Crippen LogP contribution in [0.2, 0.25) is 0 Å². The SMILES string of the molecule is COc1ccnc([C@@H](NC(=O)c2cc(-c3ccccc3C)cc(Cn3ccn(C)c3=N)c2F)C2CC2)c1. The average Bonchev–Trinajstić information content (AvgIpc) is 3.70. The van der Waals surface area contributed by atoms with Crippen molar-refractivity contribution in [3.63, 3.8) is 0 Å². The van der Waals surface area contributed by atoms with Gasteiger partial charge in [-0.15, -0.1) is 0 Å². The quantitative estimate of drug-likeness (QED) is 0.367. The molecule has 37 heavy (non-hydrogen) atoms. The molecule has 0 unspecified atom stereocenters. The molecular formula is C29H30FN5O2. The number of carbonyl (C=O) groups is 1. The molecule has 5 rings (SSSR count). The van der Waals surface area contributed by atoms with Crippen LogP contribution in [-0.2, 0) is 13.6 Å². The van der Waals surface area contributed by atoms with Gasteiger partial charge in [0, 0.05) is 37.3 Å². The molecule has 1 aliphatic carbocycles. The van der Waals surface area contributed by atoms with E-state index in [4.69, 9.17) is 10.1 Å². The second-order valence-corrected chi connectivity index (χ2v) is 9.58. The van der Waals surface area contributed by atoms with Gasteiger partial charge in [0.25, 0.3) is 5.91 Å². The second kappa shape index (κ2) is 10.0. The number of nitrogens with zero attached hydrogens (tertiary/aromatic N) is 3. The Kier molecular flexibility index (Phi) is 6.65. The first kappa shape index (κ1) is 24.5. The van der Waals surface area contributed by atoms with Crippen LogP contribution in [0.15, 0.2) is 67.1 Å². The van der Waals surface area contributed by atoms with Gasteiger partial charge in [-0.1, -0.05) is 24.3 Å². The van der Waals surface area contributed by atoms with Crippen LogP contribution in [0.4, 0.5) is 4.39 Å². The molecule has 1 fully saturated rings. The van der Waals surface area contributed by atoms with Gasteiger partial charge < -0.3 is 19.2 Å². The minimum atomic E-state index is -0.585. The molecule has 7 nitrogen and oxygen atoms in total. The third kappa shape index (κ3) is 5.05. The highest BCUT2D eigenvalue weighted by atomic mass is 19.1. The molecule has 1 amide bonds. The molecule has 2 aromatic carbocycles. The lowest BCUT2D eigenvalue weighted by Crippen LogP contribution is -2.31. The molecule has 0 bridgehead atoms. The fourth-order valence-corrected chi connectivity index (χ4v) is 4.66. The Bertz CT molecular complexity index is 1520. The summed E-state index contributed by atoms with van der Waals surface area (Å²) < 4.78 is 24.6. The number of ether oxygens (including phenoxy) is 1. The summed E-state index contributed by atoms with van der Waals surface area (Å²) >= 11 is 0. The number of aromatic nitrogens is 3. The Morgan fingerprint density at radius 3 is 2.68 bits per heavy atom. The summed E-state index contributed by atoms with van der Waals surface area (Å²) in [5.41, 5.74) is 3.97. The number of imidazole rings is 1. The molecule has 2 heterocycles. The molecule has 1 aliphatic rings. The summed E-state index contributed by atoms with van der Waals surface area (Å²) in [5, 5.41) is 11.3. The maximum Gasteiger partial charge on any atom is 0.254 e. The van der Waals surface area contributed by atoms with E-state index in [1.54, 1.807) is 60.1 Å². The highest BCUT2D eigenvalue weighted by molar-refractivity contribution is 5.96. The average molecular weight is 500 g/mol. The zero-order valence-corrected chi connectivity index (χ0v) is 21.2. The van der Waals surface area contributed by atoms with Crippen LogP contribution in [0, 0.1) is 24.1 Å². The van der Waals surface area contributed by atoms with Crippen LogP contribution in [0.25, 0.3) is 11.1 Å². The zero-order valence-electron chi connectivity index (χ0n) is 21.2. The summed E-state index contributed by atoms with van der Waals surface area (Å²) in [5.74, 6) is -0.166. The Balaban J connectivity index is 1.56. The maximum absolute atomic E-state index is 16.0. The first-order valence-corrected chi connectivity index (χ1v) is 12.3. The molecule has 1 saturated carbocycles. The first-order valence-electron chi connectivity index (χ1n) is 12.3. The summed E-state index contributed by atoms with van der Waals surface area (Å²) in [6.45, 7) is 2.12. The van der Waals surface area contributed by atoms with Crippen LogP contribution in [0.5, 0.6) is 5.75 Å². The summed E-state index contributed by atoms with van der Waals surface area (Å²) in [4.78, 5) is 18.1. The summed E-state index contributed by atoms with van der Waals surface area (Å²) in [7, 11) is 3.35. The fraction of sp³-hybridized carbons (Fsp3) is 0.276. The van der Waals surface area contributed by atoms with Crippen molar-refractivity contribution in [3.8, 4) is 16.9 Å². The smallest absolute Gasteiger partial charge is 0.254 e. The van der Waals surface area contributed by atoms with Crippen molar-refractivity contribution < 1.29 is 13.9 Å². The predicted molar refractivity (Wildman–Crippen MR) is 139 cm³/mol. The van der Waals surface area contributed by atoms with Gasteiger partial charge in [0.15, 0.2) is 0 Å². The van der Waals surface area contributed by atoms with Crippen LogP contribution < -0.4 is 15.7 Å². The van der Waals surface area contributed by atoms with Crippen molar-refractivity contribution in [2.75, 3.05) is 7.11 Å². The number of hydrogen-bond acceptors (Lipinski definition) is 4. The van der Waals surface area contributed by atoms with Crippen LogP contribution in [-0.4, -0.2) is 27.1 Å². The van der Waals surface area contributed by atoms with Gasteiger partial charge in [-0.3, -0.25) is 15.2 Å². The van der Waals surface area contributed by atoms with E-state index >= 15 is 4.39 Å². The molecule has 4 aromatic rings. The van der Waals surface area contributed by atoms with Gasteiger partial charge in [0.2, 0.25) is 5.62 Å². The van der Waals surface area contributed by atoms with Gasteiger partial charge in [0.05, 0.1) is 31.0 Å². The van der Waals surface area contributed by atoms with Crippen molar-refractivity contribution in [2.24, 2.45) is 13.0 Å². The molecule has 0 spiro atoms. The normalized spacial score (nSPS) is 13.8. The number of benzene rings is 2. The predicted octanol–water partition coefficient (Wildman–Crippen LogP) is 4.75. The minimum Gasteiger partial charge on any atom is -0.497 e. The summed E-state index contributed by atoms with van der Waals surface area (Å²) in [6.07, 6.45) is 7.08. The third-order valence-electron chi connectivity index (χ3n) is 6.95. The highest BCUT2D eigenvalue weighted by Crippen LogP contribution is 2.41. The number of methoxy groups -OCH3 is 1. The molecule has 2 N–H and O–H groups in total. The Hall–Kier alpha value is -4.20. The molecule has 0 aliphatic heterocycles. The number of aryl methyl sites for hydroxylation is 2. The van der Waals surface area contributed by atoms with Crippen molar-refractivity contribution in [3.05, 3.63) is 101 Å². The van der Waals surface area contributed by atoms with E-state index in [0.29, 0.717) is 17.0 Å². The lowest BCUT2D eigenvalue weighted by atomic mass is 9.95. The highest BCUT2D eigenvalue weighted by Gasteiger charge is 2.35. The van der Waals surface area contributed by atoms with Crippen molar-refractivity contribution in [1.29, 1.82) is 5.41 Å². The fourth-order valence-electron chi connectivity index (χ4n) is 4.66. The molecule has 1 atom stereocenters. The molecule has 0 radical (unpaired) electrons. The van der Waals surface area contributed by atoms with Gasteiger partial charge in [-0.25, -0.2) is 4.39 Å². The standard InChI is InChI=1S/C29H30FN5O2/c1-18-6-4-5-7-23(18)20-14-21(17-35-13-12-34(2)29(35)31)26(30)24(15-20)28(36)33-27(19-8-9-19)25-16-22(37-3)10-11-32-25/h4-7,10-16,19,27,31H,8-9,17H2,1-3H3,(H,33,36)/t27-/m0/s1. The molecular weight excluding hydrogens is 469 g/mol. The first-order chi connectivity index (χ1) is 17.9. The van der Waals surface area contributed by atoms with Gasteiger partial charge >= 0.3 is 0 Å². The largest absolute Gasteiger partial charge is 0.497 e. The second-order valence-electron chi connectivity index (χ2n) is 9.58. The topological polar surface area (TPSA) is 84.9 Å². The number of carbonyl (C=O) groups excluding carboxylic acids is 1. The molecule has 8 heteroatoms. The number of rotatable bonds is 8. The van der Waals surface area contributed by atoms with Gasteiger partial charge in [-0.05, 0) is 60.6 Å². The van der Waals surface area contributed by atoms with E-state index in [1.807, 2.05) is 37.3 Å². The van der Waals surface area contributed by atoms with E-state index in [9.17, 15) is 4.79 Å². The summed E-state index contributed by atoms with van der Waals surface area (Å²) in [6, 6.07) is 14.5. The molecule has 2 aromatic heterocycles. The van der Waals surface area contributed by atoms with Crippen molar-refractivity contribution >= 4 is 5.91 Å². The van der Waals surface area contributed by atoms with Crippen LogP contribution in [0.3, 0.4) is 0 Å². The molecule has 190 valence electrons. The van der Waals surface area contributed by atoms with Gasteiger partial charge in [0.1, 0.15) is 11.6 Å². The Morgan fingerprint density at radius 2 is 2.00 bits per heavy atom. The number of amides is 1. The van der Waals surface area contributed by atoms with E-state index in [2.05, 4.69) is 10.3 Å². The van der Waals surface area contributed by atoms with E-state index < -0.39 is 11.7 Å². The van der Waals surface area contributed by atoms with Crippen LogP contribution in [0.1, 0.15) is 46.1 Å². The number of halogens is 1. The third-order valence-corrected chi connectivity index (χ3v) is 6.95. The van der Waals surface area contributed by atoms with E-state index in [0.717, 1.165) is 29.5 Å². The number of pyridine rings is 1. The Labute approximate surface area is 215 Å². The molecule has 0 saturated heterocycles.